The Morgan fingerprint density at radius 3 is 2.54 bits per heavy atom. The molecule has 1 aliphatic carbocycles. The highest BCUT2D eigenvalue weighted by Crippen LogP contribution is 2.46. The van der Waals surface area contributed by atoms with Crippen LogP contribution < -0.4 is 5.73 Å². The highest BCUT2D eigenvalue weighted by Gasteiger charge is 2.37. The van der Waals surface area contributed by atoms with Crippen LogP contribution in [0.5, 0.6) is 0 Å². The van der Waals surface area contributed by atoms with Crippen LogP contribution >= 0.6 is 0 Å². The fourth-order valence-electron chi connectivity index (χ4n) is 2.28. The van der Waals surface area contributed by atoms with Crippen LogP contribution in [0.2, 0.25) is 0 Å². The van der Waals surface area contributed by atoms with Crippen molar-refractivity contribution in [3.63, 3.8) is 0 Å². The van der Waals surface area contributed by atoms with Crippen molar-refractivity contribution in [2.24, 2.45) is 17.1 Å². The zero-order valence-corrected chi connectivity index (χ0v) is 8.67. The lowest BCUT2D eigenvalue weighted by atomic mass is 9.63. The molecule has 1 rings (SSSR count). The van der Waals surface area contributed by atoms with Crippen molar-refractivity contribution in [1.82, 2.24) is 0 Å². The molecule has 1 saturated carbocycles. The van der Waals surface area contributed by atoms with Crippen LogP contribution in [0.4, 0.5) is 0 Å². The van der Waals surface area contributed by atoms with Gasteiger partial charge >= 0.3 is 5.97 Å². The number of carbonyl (C=O) groups is 1. The molecule has 0 amide bonds. The first-order valence-corrected chi connectivity index (χ1v) is 4.78. The summed E-state index contributed by atoms with van der Waals surface area (Å²) in [6.45, 7) is 4.49. The van der Waals surface area contributed by atoms with Gasteiger partial charge in [0.2, 0.25) is 0 Å². The van der Waals surface area contributed by atoms with Crippen molar-refractivity contribution >= 4 is 5.97 Å². The topological polar surface area (TPSA) is 52.3 Å². The minimum Gasteiger partial charge on any atom is -0.468 e. The van der Waals surface area contributed by atoms with Crippen molar-refractivity contribution in [3.8, 4) is 0 Å². The van der Waals surface area contributed by atoms with E-state index in [1.54, 1.807) is 0 Å². The fourth-order valence-corrected chi connectivity index (χ4v) is 2.28. The molecule has 3 nitrogen and oxygen atoms in total. The van der Waals surface area contributed by atoms with E-state index in [4.69, 9.17) is 5.73 Å². The Hall–Kier alpha value is -0.570. The molecule has 0 saturated heterocycles. The van der Waals surface area contributed by atoms with Crippen LogP contribution in [0.1, 0.15) is 33.1 Å². The maximum atomic E-state index is 11.0. The minimum absolute atomic E-state index is 0.287. The van der Waals surface area contributed by atoms with E-state index >= 15 is 0 Å². The number of nitrogens with two attached hydrogens (primary N) is 1. The molecule has 1 unspecified atom stereocenters. The maximum absolute atomic E-state index is 11.0. The van der Waals surface area contributed by atoms with E-state index in [0.717, 1.165) is 6.42 Å². The van der Waals surface area contributed by atoms with Crippen LogP contribution in [0.3, 0.4) is 0 Å². The van der Waals surface area contributed by atoms with Gasteiger partial charge in [0.1, 0.15) is 6.04 Å². The molecule has 13 heavy (non-hydrogen) atoms. The molecular formula is C10H19NO2. The van der Waals surface area contributed by atoms with Gasteiger partial charge in [0.05, 0.1) is 7.11 Å². The monoisotopic (exact) mass is 185 g/mol. The Balaban J connectivity index is 2.24. The van der Waals surface area contributed by atoms with Crippen LogP contribution in [-0.2, 0) is 9.53 Å². The van der Waals surface area contributed by atoms with Gasteiger partial charge in [-0.05, 0) is 30.6 Å². The summed E-state index contributed by atoms with van der Waals surface area (Å²) in [5, 5.41) is 0. The summed E-state index contributed by atoms with van der Waals surface area (Å²) in [5.74, 6) is 0.328. The number of esters is 1. The van der Waals surface area contributed by atoms with Gasteiger partial charge in [-0.1, -0.05) is 13.8 Å². The second kappa shape index (κ2) is 3.66. The number of rotatable bonds is 3. The van der Waals surface area contributed by atoms with Crippen LogP contribution in [0.15, 0.2) is 0 Å². The molecule has 1 fully saturated rings. The SMILES string of the molecule is COC(=O)C(N)CC1CC(C)(C)C1. The first-order chi connectivity index (χ1) is 5.94. The third-order valence-corrected chi connectivity index (χ3v) is 2.77. The van der Waals surface area contributed by atoms with Crippen LogP contribution in [0.25, 0.3) is 0 Å². The van der Waals surface area contributed by atoms with Crippen molar-refractivity contribution < 1.29 is 9.53 Å². The summed E-state index contributed by atoms with van der Waals surface area (Å²) in [5.41, 5.74) is 6.11. The summed E-state index contributed by atoms with van der Waals surface area (Å²) in [4.78, 5) is 11.0. The van der Waals surface area contributed by atoms with E-state index in [9.17, 15) is 4.79 Å². The molecule has 1 atom stereocenters. The zero-order valence-electron chi connectivity index (χ0n) is 8.67. The van der Waals surface area contributed by atoms with E-state index in [2.05, 4.69) is 18.6 Å². The Kier molecular flexibility index (Phi) is 2.96. The zero-order chi connectivity index (χ0) is 10.1. The average Bonchev–Trinajstić information content (AvgIpc) is 1.99. The van der Waals surface area contributed by atoms with Crippen molar-refractivity contribution in [3.05, 3.63) is 0 Å². The normalized spacial score (nSPS) is 23.4. The molecule has 0 spiro atoms. The summed E-state index contributed by atoms with van der Waals surface area (Å²) in [6.07, 6.45) is 3.13. The first kappa shape index (κ1) is 10.5. The van der Waals surface area contributed by atoms with Gasteiger partial charge in [-0.2, -0.15) is 0 Å². The average molecular weight is 185 g/mol. The Morgan fingerprint density at radius 1 is 1.62 bits per heavy atom. The summed E-state index contributed by atoms with van der Waals surface area (Å²) in [7, 11) is 1.38. The van der Waals surface area contributed by atoms with Gasteiger partial charge in [0.25, 0.3) is 0 Å². The van der Waals surface area contributed by atoms with Gasteiger partial charge in [0, 0.05) is 0 Å². The van der Waals surface area contributed by atoms with Crippen LogP contribution in [-0.4, -0.2) is 19.1 Å². The van der Waals surface area contributed by atoms with Gasteiger partial charge in [-0.25, -0.2) is 0 Å². The molecule has 0 radical (unpaired) electrons. The number of methoxy groups -OCH3 is 1. The molecule has 1 aliphatic rings. The van der Waals surface area contributed by atoms with Crippen LogP contribution in [0, 0.1) is 11.3 Å². The maximum Gasteiger partial charge on any atom is 0.322 e. The van der Waals surface area contributed by atoms with E-state index in [1.165, 1.54) is 20.0 Å². The Bertz CT molecular complexity index is 193. The molecule has 0 aromatic heterocycles. The van der Waals surface area contributed by atoms with Crippen molar-refractivity contribution in [2.75, 3.05) is 7.11 Å². The number of carbonyl (C=O) groups excluding carboxylic acids is 1. The fraction of sp³-hybridized carbons (Fsp3) is 0.900. The minimum atomic E-state index is -0.425. The molecule has 2 N–H and O–H groups in total. The number of hydrogen-bond acceptors (Lipinski definition) is 3. The van der Waals surface area contributed by atoms with E-state index < -0.39 is 6.04 Å². The van der Waals surface area contributed by atoms with Gasteiger partial charge < -0.3 is 10.5 Å². The molecular weight excluding hydrogens is 166 g/mol. The Labute approximate surface area is 79.6 Å². The molecule has 0 bridgehead atoms. The second-order valence-corrected chi connectivity index (χ2v) is 4.80. The highest BCUT2D eigenvalue weighted by atomic mass is 16.5. The van der Waals surface area contributed by atoms with Gasteiger partial charge in [-0.15, -0.1) is 0 Å². The predicted molar refractivity (Wildman–Crippen MR) is 51.1 cm³/mol. The van der Waals surface area contributed by atoms with Crippen molar-refractivity contribution in [1.29, 1.82) is 0 Å². The quantitative estimate of drug-likeness (QED) is 0.674. The smallest absolute Gasteiger partial charge is 0.322 e. The van der Waals surface area contributed by atoms with Gasteiger partial charge in [-0.3, -0.25) is 4.79 Å². The predicted octanol–water partition coefficient (Wildman–Crippen LogP) is 1.31. The van der Waals surface area contributed by atoms with E-state index in [-0.39, 0.29) is 5.97 Å². The van der Waals surface area contributed by atoms with E-state index in [0.29, 0.717) is 11.3 Å². The third-order valence-electron chi connectivity index (χ3n) is 2.77. The third kappa shape index (κ3) is 2.69. The standard InChI is InChI=1S/C10H19NO2/c1-10(2)5-7(6-10)4-8(11)9(12)13-3/h7-8H,4-6,11H2,1-3H3. The molecule has 0 aliphatic heterocycles. The highest BCUT2D eigenvalue weighted by molar-refractivity contribution is 5.75. The lowest BCUT2D eigenvalue weighted by molar-refractivity contribution is -0.143. The Morgan fingerprint density at radius 2 is 2.15 bits per heavy atom. The lowest BCUT2D eigenvalue weighted by Gasteiger charge is -2.43. The molecule has 0 heterocycles. The van der Waals surface area contributed by atoms with Gasteiger partial charge in [0.15, 0.2) is 0 Å². The molecule has 3 heteroatoms. The summed E-state index contributed by atoms with van der Waals surface area (Å²) < 4.78 is 4.57. The summed E-state index contributed by atoms with van der Waals surface area (Å²) in [6, 6.07) is -0.425. The summed E-state index contributed by atoms with van der Waals surface area (Å²) >= 11 is 0. The second-order valence-electron chi connectivity index (χ2n) is 4.80. The first-order valence-electron chi connectivity index (χ1n) is 4.78. The van der Waals surface area contributed by atoms with Crippen molar-refractivity contribution in [2.45, 2.75) is 39.2 Å². The molecule has 0 aromatic carbocycles. The van der Waals surface area contributed by atoms with E-state index in [1.807, 2.05) is 0 Å². The lowest BCUT2D eigenvalue weighted by Crippen LogP contribution is -2.39. The number of hydrogen-bond donors (Lipinski definition) is 1. The number of ether oxygens (including phenoxy) is 1. The molecule has 0 aromatic rings. The molecule has 76 valence electrons. The largest absolute Gasteiger partial charge is 0.468 e.